The number of thiazole rings is 1. The van der Waals surface area contributed by atoms with Gasteiger partial charge in [0.15, 0.2) is 5.13 Å². The topological polar surface area (TPSA) is 54.5 Å². The molecule has 1 aliphatic rings. The molecule has 0 unspecified atom stereocenters. The van der Waals surface area contributed by atoms with Crippen LogP contribution in [0.15, 0.2) is 35.7 Å². The van der Waals surface area contributed by atoms with E-state index < -0.39 is 0 Å². The van der Waals surface area contributed by atoms with Crippen molar-refractivity contribution in [2.75, 3.05) is 24.6 Å². The lowest BCUT2D eigenvalue weighted by molar-refractivity contribution is 0.126. The highest BCUT2D eigenvalue weighted by atomic mass is 32.1. The third kappa shape index (κ3) is 4.09. The first kappa shape index (κ1) is 16.0. The number of piperidine rings is 1. The van der Waals surface area contributed by atoms with Crippen molar-refractivity contribution >= 4 is 28.2 Å². The fourth-order valence-corrected chi connectivity index (χ4v) is 3.43. The number of nitrogens with one attached hydrogen (secondary N) is 1. The van der Waals surface area contributed by atoms with Crippen molar-refractivity contribution in [2.24, 2.45) is 5.92 Å². The van der Waals surface area contributed by atoms with Crippen LogP contribution in [0.1, 0.15) is 18.5 Å². The summed E-state index contributed by atoms with van der Waals surface area (Å²) in [6.07, 6.45) is 1.74. The van der Waals surface area contributed by atoms with E-state index in [2.05, 4.69) is 10.3 Å². The number of anilines is 2. The number of hydrogen-bond acceptors (Lipinski definition) is 5. The molecule has 6 heteroatoms. The Morgan fingerprint density at radius 1 is 1.35 bits per heavy atom. The van der Waals surface area contributed by atoms with Crippen molar-refractivity contribution < 1.29 is 9.53 Å². The fraction of sp³-hybridized carbons (Fsp3) is 0.412. The number of aromatic nitrogens is 1. The Kier molecular flexibility index (Phi) is 5.25. The Labute approximate surface area is 140 Å². The molecule has 1 aromatic heterocycles. The van der Waals surface area contributed by atoms with E-state index >= 15 is 0 Å². The standard InChI is InChI=1S/C17H21N3O2S/c1-13-12-23-16(19-13)20(15-5-3-2-4-6-15)17(21)22-11-14-7-9-18-10-8-14/h2-6,12,14,18H,7-11H2,1H3. The Bertz CT molecular complexity index is 638. The van der Waals surface area contributed by atoms with Crippen LogP contribution in [-0.2, 0) is 4.74 Å². The number of ether oxygens (including phenoxy) is 1. The summed E-state index contributed by atoms with van der Waals surface area (Å²) in [4.78, 5) is 18.6. The number of benzene rings is 1. The second-order valence-corrected chi connectivity index (χ2v) is 6.55. The van der Waals surface area contributed by atoms with Gasteiger partial charge >= 0.3 is 6.09 Å². The largest absolute Gasteiger partial charge is 0.449 e. The van der Waals surface area contributed by atoms with Gasteiger partial charge in [-0.15, -0.1) is 11.3 Å². The molecular weight excluding hydrogens is 310 g/mol. The van der Waals surface area contributed by atoms with Gasteiger partial charge in [0.25, 0.3) is 0 Å². The van der Waals surface area contributed by atoms with Gasteiger partial charge in [0, 0.05) is 5.38 Å². The molecule has 5 nitrogen and oxygen atoms in total. The number of hydrogen-bond donors (Lipinski definition) is 1. The third-order valence-electron chi connectivity index (χ3n) is 3.90. The third-order valence-corrected chi connectivity index (χ3v) is 4.84. The van der Waals surface area contributed by atoms with Crippen LogP contribution in [0.5, 0.6) is 0 Å². The van der Waals surface area contributed by atoms with Gasteiger partial charge in [-0.05, 0) is 50.9 Å². The average Bonchev–Trinajstić information content (AvgIpc) is 3.01. The van der Waals surface area contributed by atoms with Crippen molar-refractivity contribution in [3.8, 4) is 0 Å². The van der Waals surface area contributed by atoms with Gasteiger partial charge in [0.2, 0.25) is 0 Å². The van der Waals surface area contributed by atoms with E-state index in [-0.39, 0.29) is 6.09 Å². The summed E-state index contributed by atoms with van der Waals surface area (Å²) in [6.45, 7) is 4.38. The Morgan fingerprint density at radius 3 is 2.74 bits per heavy atom. The number of nitrogens with zero attached hydrogens (tertiary/aromatic N) is 2. The first-order valence-electron chi connectivity index (χ1n) is 7.89. The molecule has 23 heavy (non-hydrogen) atoms. The smallest absolute Gasteiger partial charge is 0.420 e. The predicted octanol–water partition coefficient (Wildman–Crippen LogP) is 3.73. The molecule has 1 fully saturated rings. The highest BCUT2D eigenvalue weighted by Crippen LogP contribution is 2.29. The van der Waals surface area contributed by atoms with Crippen molar-refractivity contribution in [1.29, 1.82) is 0 Å². The number of aryl methyl sites for hydroxylation is 1. The highest BCUT2D eigenvalue weighted by molar-refractivity contribution is 7.14. The Balaban J connectivity index is 1.73. The van der Waals surface area contributed by atoms with E-state index in [1.807, 2.05) is 42.6 Å². The number of amides is 1. The van der Waals surface area contributed by atoms with Crippen LogP contribution in [0, 0.1) is 12.8 Å². The van der Waals surface area contributed by atoms with Crippen LogP contribution in [0.2, 0.25) is 0 Å². The van der Waals surface area contributed by atoms with Crippen LogP contribution >= 0.6 is 11.3 Å². The first-order valence-corrected chi connectivity index (χ1v) is 8.77. The van der Waals surface area contributed by atoms with Crippen LogP contribution in [-0.4, -0.2) is 30.8 Å². The van der Waals surface area contributed by atoms with Crippen LogP contribution < -0.4 is 10.2 Å². The lowest BCUT2D eigenvalue weighted by Gasteiger charge is -2.24. The summed E-state index contributed by atoms with van der Waals surface area (Å²) in [5, 5.41) is 5.90. The molecule has 0 bridgehead atoms. The maximum atomic E-state index is 12.7. The quantitative estimate of drug-likeness (QED) is 0.927. The first-order chi connectivity index (χ1) is 11.2. The van der Waals surface area contributed by atoms with Gasteiger partial charge in [-0.1, -0.05) is 18.2 Å². The van der Waals surface area contributed by atoms with Crippen molar-refractivity contribution in [2.45, 2.75) is 19.8 Å². The maximum absolute atomic E-state index is 12.7. The van der Waals surface area contributed by atoms with E-state index in [1.165, 1.54) is 11.3 Å². The molecule has 1 N–H and O–H groups in total. The van der Waals surface area contributed by atoms with Gasteiger partial charge in [-0.25, -0.2) is 14.7 Å². The molecule has 0 atom stereocenters. The normalized spacial score (nSPS) is 15.3. The zero-order valence-corrected chi connectivity index (χ0v) is 14.0. The zero-order valence-electron chi connectivity index (χ0n) is 13.2. The number of para-hydroxylation sites is 1. The monoisotopic (exact) mass is 331 g/mol. The minimum atomic E-state index is -0.357. The van der Waals surface area contributed by atoms with Crippen LogP contribution in [0.4, 0.5) is 15.6 Å². The molecule has 3 rings (SSSR count). The molecule has 0 spiro atoms. The molecule has 0 aliphatic carbocycles. The van der Waals surface area contributed by atoms with Gasteiger partial charge in [-0.3, -0.25) is 0 Å². The second kappa shape index (κ2) is 7.57. The van der Waals surface area contributed by atoms with E-state index in [9.17, 15) is 4.79 Å². The van der Waals surface area contributed by atoms with E-state index in [1.54, 1.807) is 4.90 Å². The average molecular weight is 331 g/mol. The predicted molar refractivity (Wildman–Crippen MR) is 92.4 cm³/mol. The minimum absolute atomic E-state index is 0.357. The van der Waals surface area contributed by atoms with E-state index in [0.717, 1.165) is 37.3 Å². The van der Waals surface area contributed by atoms with Gasteiger partial charge in [0.05, 0.1) is 18.0 Å². The molecule has 1 amide bonds. The summed E-state index contributed by atoms with van der Waals surface area (Å²) in [5.41, 5.74) is 1.68. The molecule has 122 valence electrons. The molecule has 1 aliphatic heterocycles. The molecule has 0 radical (unpaired) electrons. The Morgan fingerprint density at radius 2 is 2.09 bits per heavy atom. The van der Waals surface area contributed by atoms with Gasteiger partial charge in [-0.2, -0.15) is 0 Å². The van der Waals surface area contributed by atoms with Gasteiger partial charge < -0.3 is 10.1 Å². The summed E-state index contributed by atoms with van der Waals surface area (Å²) in [6, 6.07) is 9.52. The summed E-state index contributed by atoms with van der Waals surface area (Å²) in [7, 11) is 0. The lowest BCUT2D eigenvalue weighted by Crippen LogP contribution is -2.33. The zero-order chi connectivity index (χ0) is 16.1. The van der Waals surface area contributed by atoms with Crippen molar-refractivity contribution in [3.63, 3.8) is 0 Å². The molecule has 2 heterocycles. The van der Waals surface area contributed by atoms with E-state index in [4.69, 9.17) is 4.74 Å². The van der Waals surface area contributed by atoms with E-state index in [0.29, 0.717) is 17.7 Å². The number of rotatable bonds is 4. The molecular formula is C17H21N3O2S. The maximum Gasteiger partial charge on any atom is 0.420 e. The summed E-state index contributed by atoms with van der Waals surface area (Å²) < 4.78 is 5.59. The lowest BCUT2D eigenvalue weighted by atomic mass is 9.99. The minimum Gasteiger partial charge on any atom is -0.449 e. The second-order valence-electron chi connectivity index (χ2n) is 5.71. The van der Waals surface area contributed by atoms with Crippen molar-refractivity contribution in [1.82, 2.24) is 10.3 Å². The highest BCUT2D eigenvalue weighted by Gasteiger charge is 2.24. The molecule has 0 saturated carbocycles. The molecule has 2 aromatic rings. The number of carbonyl (C=O) groups is 1. The molecule has 1 saturated heterocycles. The van der Waals surface area contributed by atoms with Crippen LogP contribution in [0.3, 0.4) is 0 Å². The Hall–Kier alpha value is -1.92. The SMILES string of the molecule is Cc1csc(N(C(=O)OCC2CCNCC2)c2ccccc2)n1. The van der Waals surface area contributed by atoms with Crippen LogP contribution in [0.25, 0.3) is 0 Å². The molecule has 1 aromatic carbocycles. The van der Waals surface area contributed by atoms with Crippen molar-refractivity contribution in [3.05, 3.63) is 41.4 Å². The summed E-state index contributed by atoms with van der Waals surface area (Å²) in [5.74, 6) is 0.441. The summed E-state index contributed by atoms with van der Waals surface area (Å²) >= 11 is 1.45. The van der Waals surface area contributed by atoms with Gasteiger partial charge in [0.1, 0.15) is 0 Å². The number of carbonyl (C=O) groups excluding carboxylic acids is 1. The fourth-order valence-electron chi connectivity index (χ4n) is 2.62.